The van der Waals surface area contributed by atoms with Gasteiger partial charge in [0.2, 0.25) is 0 Å². The van der Waals surface area contributed by atoms with Crippen molar-refractivity contribution in [2.75, 3.05) is 0 Å². The van der Waals surface area contributed by atoms with Gasteiger partial charge < -0.3 is 5.32 Å². The molecule has 0 spiro atoms. The molecule has 22 heavy (non-hydrogen) atoms. The number of amides is 1. The van der Waals surface area contributed by atoms with E-state index in [1.54, 1.807) is 12.4 Å². The van der Waals surface area contributed by atoms with Crippen LogP contribution in [0.1, 0.15) is 48.0 Å². The summed E-state index contributed by atoms with van der Waals surface area (Å²) >= 11 is 1.46. The lowest BCUT2D eigenvalue weighted by Gasteiger charge is -2.29. The van der Waals surface area contributed by atoms with Gasteiger partial charge in [-0.2, -0.15) is 0 Å². The molecule has 4 nitrogen and oxygen atoms in total. The van der Waals surface area contributed by atoms with Crippen molar-refractivity contribution in [2.24, 2.45) is 5.92 Å². The Bertz CT molecular complexity index is 653. The van der Waals surface area contributed by atoms with Crippen LogP contribution < -0.4 is 5.32 Å². The largest absolute Gasteiger partial charge is 0.348 e. The highest BCUT2D eigenvalue weighted by molar-refractivity contribution is 7.17. The van der Waals surface area contributed by atoms with E-state index in [0.29, 0.717) is 12.0 Å². The first kappa shape index (κ1) is 15.2. The molecule has 116 valence electrons. The molecule has 1 aliphatic rings. The van der Waals surface area contributed by atoms with Gasteiger partial charge in [0, 0.05) is 24.0 Å². The number of hydrogen-bond acceptors (Lipinski definition) is 4. The molecule has 0 aliphatic heterocycles. The molecule has 2 unspecified atom stereocenters. The van der Waals surface area contributed by atoms with Crippen molar-refractivity contribution < 1.29 is 4.79 Å². The van der Waals surface area contributed by atoms with E-state index in [4.69, 9.17) is 0 Å². The van der Waals surface area contributed by atoms with Gasteiger partial charge in [0.25, 0.3) is 5.91 Å². The Morgan fingerprint density at radius 3 is 2.73 bits per heavy atom. The summed E-state index contributed by atoms with van der Waals surface area (Å²) in [6.07, 6.45) is 8.26. The Morgan fingerprint density at radius 2 is 2.00 bits per heavy atom. The molecule has 1 aliphatic carbocycles. The lowest BCUT2D eigenvalue weighted by atomic mass is 9.86. The molecule has 0 radical (unpaired) electrons. The molecule has 5 heteroatoms. The third-order valence-electron chi connectivity index (χ3n) is 4.36. The third-order valence-corrected chi connectivity index (χ3v) is 5.56. The van der Waals surface area contributed by atoms with Crippen LogP contribution in [0.15, 0.2) is 24.5 Å². The maximum atomic E-state index is 12.6. The standard InChI is InChI=1S/C17H21N3OS/c1-11-5-3-4-6-14(11)20-16(21)15-12(2)19-17(22-15)13-7-9-18-10-8-13/h7-11,14H,3-6H2,1-2H3,(H,20,21). The Kier molecular flexibility index (Phi) is 4.52. The van der Waals surface area contributed by atoms with Crippen molar-refractivity contribution in [3.8, 4) is 10.6 Å². The summed E-state index contributed by atoms with van der Waals surface area (Å²) in [7, 11) is 0. The van der Waals surface area contributed by atoms with E-state index < -0.39 is 0 Å². The number of hydrogen-bond donors (Lipinski definition) is 1. The predicted octanol–water partition coefficient (Wildman–Crippen LogP) is 3.82. The highest BCUT2D eigenvalue weighted by atomic mass is 32.1. The number of aromatic nitrogens is 2. The predicted molar refractivity (Wildman–Crippen MR) is 89.0 cm³/mol. The molecule has 2 atom stereocenters. The average Bonchev–Trinajstić information content (AvgIpc) is 2.92. The lowest BCUT2D eigenvalue weighted by Crippen LogP contribution is -2.40. The molecule has 0 saturated heterocycles. The number of carbonyl (C=O) groups is 1. The second-order valence-electron chi connectivity index (χ2n) is 6.01. The average molecular weight is 315 g/mol. The second kappa shape index (κ2) is 6.57. The number of pyridine rings is 1. The monoisotopic (exact) mass is 315 g/mol. The van der Waals surface area contributed by atoms with Gasteiger partial charge in [0.1, 0.15) is 9.88 Å². The van der Waals surface area contributed by atoms with Crippen molar-refractivity contribution in [1.82, 2.24) is 15.3 Å². The summed E-state index contributed by atoms with van der Waals surface area (Å²) in [5.74, 6) is 0.583. The summed E-state index contributed by atoms with van der Waals surface area (Å²) in [6.45, 7) is 4.13. The van der Waals surface area contributed by atoms with Crippen LogP contribution in [0.3, 0.4) is 0 Å². The van der Waals surface area contributed by atoms with Gasteiger partial charge in [0.05, 0.1) is 5.69 Å². The Morgan fingerprint density at radius 1 is 1.27 bits per heavy atom. The third kappa shape index (κ3) is 3.19. The van der Waals surface area contributed by atoms with Crippen LogP contribution >= 0.6 is 11.3 Å². The fourth-order valence-corrected chi connectivity index (χ4v) is 3.96. The van der Waals surface area contributed by atoms with Gasteiger partial charge in [-0.05, 0) is 37.8 Å². The number of thiazole rings is 1. The van der Waals surface area contributed by atoms with Gasteiger partial charge in [-0.1, -0.05) is 19.8 Å². The molecule has 1 saturated carbocycles. The Labute approximate surface area is 135 Å². The zero-order valence-electron chi connectivity index (χ0n) is 13.0. The minimum Gasteiger partial charge on any atom is -0.348 e. The number of rotatable bonds is 3. The highest BCUT2D eigenvalue weighted by Gasteiger charge is 2.25. The first-order valence-corrected chi connectivity index (χ1v) is 8.65. The quantitative estimate of drug-likeness (QED) is 0.936. The minimum atomic E-state index is 0.0223. The summed E-state index contributed by atoms with van der Waals surface area (Å²) in [5.41, 5.74) is 1.81. The number of carbonyl (C=O) groups excluding carboxylic acids is 1. The van der Waals surface area contributed by atoms with E-state index >= 15 is 0 Å². The molecule has 2 aromatic rings. The van der Waals surface area contributed by atoms with E-state index in [-0.39, 0.29) is 5.91 Å². The van der Waals surface area contributed by atoms with Crippen LogP contribution in [0.25, 0.3) is 10.6 Å². The normalized spacial score (nSPS) is 21.5. The van der Waals surface area contributed by atoms with Crippen molar-refractivity contribution in [1.29, 1.82) is 0 Å². The fourth-order valence-electron chi connectivity index (χ4n) is 2.99. The molecule has 2 aromatic heterocycles. The van der Waals surface area contributed by atoms with Gasteiger partial charge in [-0.3, -0.25) is 9.78 Å². The van der Waals surface area contributed by atoms with Crippen LogP contribution in [0.5, 0.6) is 0 Å². The molecule has 0 aromatic carbocycles. The van der Waals surface area contributed by atoms with Crippen LogP contribution in [0.2, 0.25) is 0 Å². The molecule has 0 bridgehead atoms. The Balaban J connectivity index is 1.77. The maximum Gasteiger partial charge on any atom is 0.263 e. The van der Waals surface area contributed by atoms with Crippen LogP contribution in [-0.2, 0) is 0 Å². The van der Waals surface area contributed by atoms with Gasteiger partial charge in [-0.25, -0.2) is 4.98 Å². The zero-order valence-corrected chi connectivity index (χ0v) is 13.8. The summed E-state index contributed by atoms with van der Waals surface area (Å²) in [6, 6.07) is 4.14. The second-order valence-corrected chi connectivity index (χ2v) is 7.01. The van der Waals surface area contributed by atoms with Gasteiger partial charge >= 0.3 is 0 Å². The molecular formula is C17H21N3OS. The molecule has 1 fully saturated rings. The first-order chi connectivity index (χ1) is 10.6. The van der Waals surface area contributed by atoms with Crippen molar-refractivity contribution in [2.45, 2.75) is 45.6 Å². The number of nitrogens with zero attached hydrogens (tertiary/aromatic N) is 2. The van der Waals surface area contributed by atoms with E-state index in [9.17, 15) is 4.79 Å². The summed E-state index contributed by atoms with van der Waals surface area (Å²) in [4.78, 5) is 21.9. The SMILES string of the molecule is Cc1nc(-c2ccncc2)sc1C(=O)NC1CCCCC1C. The maximum absolute atomic E-state index is 12.6. The molecule has 2 heterocycles. The number of nitrogens with one attached hydrogen (secondary N) is 1. The Hall–Kier alpha value is -1.75. The summed E-state index contributed by atoms with van der Waals surface area (Å²) < 4.78 is 0. The highest BCUT2D eigenvalue weighted by Crippen LogP contribution is 2.29. The van der Waals surface area contributed by atoms with Crippen molar-refractivity contribution in [3.05, 3.63) is 35.1 Å². The zero-order chi connectivity index (χ0) is 15.5. The molecule has 1 N–H and O–H groups in total. The van der Waals surface area contributed by atoms with Crippen LogP contribution in [0, 0.1) is 12.8 Å². The minimum absolute atomic E-state index is 0.0223. The lowest BCUT2D eigenvalue weighted by molar-refractivity contribution is 0.0913. The van der Waals surface area contributed by atoms with Gasteiger partial charge in [-0.15, -0.1) is 11.3 Å². The molecule has 1 amide bonds. The van der Waals surface area contributed by atoms with E-state index in [1.165, 1.54) is 30.6 Å². The van der Waals surface area contributed by atoms with Crippen LogP contribution in [0.4, 0.5) is 0 Å². The van der Waals surface area contributed by atoms with E-state index in [0.717, 1.165) is 27.6 Å². The van der Waals surface area contributed by atoms with Crippen LogP contribution in [-0.4, -0.2) is 21.9 Å². The van der Waals surface area contributed by atoms with Gasteiger partial charge in [0.15, 0.2) is 0 Å². The summed E-state index contributed by atoms with van der Waals surface area (Å²) in [5, 5.41) is 4.09. The molecule has 3 rings (SSSR count). The topological polar surface area (TPSA) is 54.9 Å². The number of aryl methyl sites for hydroxylation is 1. The van der Waals surface area contributed by atoms with Crippen molar-refractivity contribution in [3.63, 3.8) is 0 Å². The van der Waals surface area contributed by atoms with E-state index in [1.807, 2.05) is 19.1 Å². The fraction of sp³-hybridized carbons (Fsp3) is 0.471. The van der Waals surface area contributed by atoms with E-state index in [2.05, 4.69) is 22.2 Å². The van der Waals surface area contributed by atoms with Crippen molar-refractivity contribution >= 4 is 17.2 Å². The smallest absolute Gasteiger partial charge is 0.263 e. The first-order valence-electron chi connectivity index (χ1n) is 7.84. The molecular weight excluding hydrogens is 294 g/mol.